The molecule has 2 rings (SSSR count). The van der Waals surface area contributed by atoms with Gasteiger partial charge in [-0.25, -0.2) is 0 Å². The molecule has 0 saturated heterocycles. The lowest BCUT2D eigenvalue weighted by atomic mass is 10.1. The smallest absolute Gasteiger partial charge is 0.127 e. The molecule has 0 spiro atoms. The fraction of sp³-hybridized carbons (Fsp3) is 0.0714. The number of hydrogen-bond acceptors (Lipinski definition) is 1. The largest absolute Gasteiger partial charge is 0.458 e. The van der Waals surface area contributed by atoms with E-state index in [1.165, 1.54) is 5.56 Å². The van der Waals surface area contributed by atoms with Crippen LogP contribution in [-0.4, -0.2) is 0 Å². The molecule has 1 aromatic carbocycles. The fourth-order valence-electron chi connectivity index (χ4n) is 1.37. The molecule has 0 heterocycles. The standard InChI is InChI=1S/C14H13O/c1-11-6-8-13(9-7-11)15-14-5-3-4-12(2)10-14/h3-10H,1H2,2H3. The monoisotopic (exact) mass is 197 g/mol. The predicted molar refractivity (Wildman–Crippen MR) is 62.5 cm³/mol. The van der Waals surface area contributed by atoms with Gasteiger partial charge in [-0.2, -0.15) is 0 Å². The van der Waals surface area contributed by atoms with E-state index >= 15 is 0 Å². The summed E-state index contributed by atoms with van der Waals surface area (Å²) in [5.74, 6) is 1.71. The van der Waals surface area contributed by atoms with Crippen LogP contribution in [0.3, 0.4) is 0 Å². The second-order valence-electron chi connectivity index (χ2n) is 3.56. The van der Waals surface area contributed by atoms with Crippen LogP contribution in [0.1, 0.15) is 5.56 Å². The minimum Gasteiger partial charge on any atom is -0.458 e. The Morgan fingerprint density at radius 2 is 2.07 bits per heavy atom. The molecule has 1 heteroatoms. The van der Waals surface area contributed by atoms with Crippen molar-refractivity contribution in [2.45, 2.75) is 6.92 Å². The van der Waals surface area contributed by atoms with E-state index in [9.17, 15) is 0 Å². The van der Waals surface area contributed by atoms with Crippen LogP contribution < -0.4 is 4.74 Å². The summed E-state index contributed by atoms with van der Waals surface area (Å²) in [7, 11) is 0. The first-order valence-electron chi connectivity index (χ1n) is 4.90. The first kappa shape index (κ1) is 9.78. The summed E-state index contributed by atoms with van der Waals surface area (Å²) in [5.41, 5.74) is 2.19. The molecule has 0 unspecified atom stereocenters. The Hall–Kier alpha value is -1.76. The van der Waals surface area contributed by atoms with E-state index in [1.807, 2.05) is 55.8 Å². The lowest BCUT2D eigenvalue weighted by Crippen LogP contribution is -1.96. The molecule has 0 aliphatic heterocycles. The maximum atomic E-state index is 5.69. The highest BCUT2D eigenvalue weighted by Crippen LogP contribution is 2.19. The van der Waals surface area contributed by atoms with E-state index in [0.29, 0.717) is 0 Å². The Labute approximate surface area is 90.4 Å². The van der Waals surface area contributed by atoms with Crippen molar-refractivity contribution in [2.75, 3.05) is 0 Å². The molecule has 0 fully saturated rings. The number of aryl methyl sites for hydroxylation is 1. The summed E-state index contributed by atoms with van der Waals surface area (Å²) < 4.78 is 5.69. The van der Waals surface area contributed by atoms with E-state index in [-0.39, 0.29) is 0 Å². The van der Waals surface area contributed by atoms with Gasteiger partial charge in [0.05, 0.1) is 0 Å². The molecule has 0 saturated carbocycles. The van der Waals surface area contributed by atoms with Crippen molar-refractivity contribution in [3.05, 3.63) is 72.4 Å². The number of allylic oxidation sites excluding steroid dienone is 4. The first-order chi connectivity index (χ1) is 7.24. The number of benzene rings is 1. The Morgan fingerprint density at radius 3 is 2.73 bits per heavy atom. The van der Waals surface area contributed by atoms with Crippen molar-refractivity contribution >= 4 is 0 Å². The average Bonchev–Trinajstić information content (AvgIpc) is 2.22. The highest BCUT2D eigenvalue weighted by molar-refractivity contribution is 5.41. The van der Waals surface area contributed by atoms with Crippen molar-refractivity contribution in [3.8, 4) is 5.75 Å². The Kier molecular flexibility index (Phi) is 2.72. The Morgan fingerprint density at radius 1 is 1.20 bits per heavy atom. The topological polar surface area (TPSA) is 9.23 Å². The second kappa shape index (κ2) is 4.18. The van der Waals surface area contributed by atoms with Gasteiger partial charge in [-0.3, -0.25) is 0 Å². The van der Waals surface area contributed by atoms with Gasteiger partial charge < -0.3 is 4.74 Å². The molecule has 15 heavy (non-hydrogen) atoms. The van der Waals surface area contributed by atoms with Crippen LogP contribution in [0.25, 0.3) is 0 Å². The van der Waals surface area contributed by atoms with Gasteiger partial charge in [0.15, 0.2) is 0 Å². The van der Waals surface area contributed by atoms with E-state index in [2.05, 4.69) is 6.58 Å². The zero-order chi connectivity index (χ0) is 10.7. The van der Waals surface area contributed by atoms with Crippen LogP contribution in [0.15, 0.2) is 60.4 Å². The molecular formula is C14H13O. The van der Waals surface area contributed by atoms with Gasteiger partial charge in [0, 0.05) is 6.42 Å². The molecule has 1 radical (unpaired) electrons. The van der Waals surface area contributed by atoms with Gasteiger partial charge in [0.25, 0.3) is 0 Å². The normalized spacial score (nSPS) is 15.0. The summed E-state index contributed by atoms with van der Waals surface area (Å²) in [6, 6.07) is 8.00. The third-order valence-corrected chi connectivity index (χ3v) is 2.15. The third-order valence-electron chi connectivity index (χ3n) is 2.15. The lowest BCUT2D eigenvalue weighted by Gasteiger charge is -2.10. The van der Waals surface area contributed by atoms with E-state index in [0.717, 1.165) is 17.1 Å². The van der Waals surface area contributed by atoms with Crippen molar-refractivity contribution in [2.24, 2.45) is 0 Å². The first-order valence-corrected chi connectivity index (χ1v) is 4.90. The molecule has 1 aliphatic rings. The van der Waals surface area contributed by atoms with Crippen LogP contribution in [-0.2, 0) is 0 Å². The SMILES string of the molecule is C=C1[CH]C=C(Oc2cccc(C)c2)C=C1. The molecule has 0 aromatic heterocycles. The summed E-state index contributed by atoms with van der Waals surface area (Å²) in [6.45, 7) is 5.87. The molecule has 0 amide bonds. The number of hydrogen-bond donors (Lipinski definition) is 0. The molecule has 75 valence electrons. The highest BCUT2D eigenvalue weighted by atomic mass is 16.5. The second-order valence-corrected chi connectivity index (χ2v) is 3.56. The third kappa shape index (κ3) is 2.59. The van der Waals surface area contributed by atoms with E-state index in [1.54, 1.807) is 0 Å². The van der Waals surface area contributed by atoms with Gasteiger partial charge in [0.2, 0.25) is 0 Å². The van der Waals surface area contributed by atoms with Crippen molar-refractivity contribution in [1.29, 1.82) is 0 Å². The molecular weight excluding hydrogens is 184 g/mol. The lowest BCUT2D eigenvalue weighted by molar-refractivity contribution is 0.443. The Bertz CT molecular complexity index is 438. The maximum absolute atomic E-state index is 5.69. The maximum Gasteiger partial charge on any atom is 0.127 e. The minimum absolute atomic E-state index is 0.841. The van der Waals surface area contributed by atoms with Crippen molar-refractivity contribution in [1.82, 2.24) is 0 Å². The zero-order valence-corrected chi connectivity index (χ0v) is 8.73. The van der Waals surface area contributed by atoms with Crippen molar-refractivity contribution < 1.29 is 4.74 Å². The van der Waals surface area contributed by atoms with Crippen LogP contribution >= 0.6 is 0 Å². The fourth-order valence-corrected chi connectivity index (χ4v) is 1.37. The molecule has 1 aromatic rings. The summed E-state index contributed by atoms with van der Waals surface area (Å²) in [4.78, 5) is 0. The van der Waals surface area contributed by atoms with Crippen molar-refractivity contribution in [3.63, 3.8) is 0 Å². The van der Waals surface area contributed by atoms with Crippen LogP contribution in [0.2, 0.25) is 0 Å². The summed E-state index contributed by atoms with van der Waals surface area (Å²) >= 11 is 0. The molecule has 1 nitrogen and oxygen atoms in total. The molecule has 0 atom stereocenters. The number of rotatable bonds is 2. The molecule has 0 N–H and O–H groups in total. The van der Waals surface area contributed by atoms with Gasteiger partial charge in [-0.1, -0.05) is 24.8 Å². The molecule has 1 aliphatic carbocycles. The van der Waals surface area contributed by atoms with Gasteiger partial charge in [-0.05, 0) is 42.3 Å². The van der Waals surface area contributed by atoms with Gasteiger partial charge in [0.1, 0.15) is 11.5 Å². The minimum atomic E-state index is 0.841. The molecule has 0 bridgehead atoms. The Balaban J connectivity index is 2.10. The van der Waals surface area contributed by atoms with Crippen LogP contribution in [0.4, 0.5) is 0 Å². The van der Waals surface area contributed by atoms with E-state index < -0.39 is 0 Å². The predicted octanol–water partition coefficient (Wildman–Crippen LogP) is 3.59. The number of ether oxygens (including phenoxy) is 1. The van der Waals surface area contributed by atoms with E-state index in [4.69, 9.17) is 4.74 Å². The summed E-state index contributed by atoms with van der Waals surface area (Å²) in [6.07, 6.45) is 7.71. The van der Waals surface area contributed by atoms with Gasteiger partial charge in [-0.15, -0.1) is 0 Å². The summed E-state index contributed by atoms with van der Waals surface area (Å²) in [5, 5.41) is 0. The average molecular weight is 197 g/mol. The van der Waals surface area contributed by atoms with Crippen LogP contribution in [0.5, 0.6) is 5.75 Å². The highest BCUT2D eigenvalue weighted by Gasteiger charge is 2.02. The zero-order valence-electron chi connectivity index (χ0n) is 8.73. The quantitative estimate of drug-likeness (QED) is 0.704. The van der Waals surface area contributed by atoms with Crippen LogP contribution in [0, 0.1) is 13.3 Å². The van der Waals surface area contributed by atoms with Gasteiger partial charge >= 0.3 is 0 Å².